The van der Waals surface area contributed by atoms with Crippen LogP contribution in [0.2, 0.25) is 0 Å². The van der Waals surface area contributed by atoms with Gasteiger partial charge in [0.2, 0.25) is 0 Å². The van der Waals surface area contributed by atoms with Crippen LogP contribution in [-0.2, 0) is 6.54 Å². The Morgan fingerprint density at radius 2 is 1.76 bits per heavy atom. The Balaban J connectivity index is 2.21. The van der Waals surface area contributed by atoms with Crippen molar-refractivity contribution in [2.75, 3.05) is 19.4 Å². The Labute approximate surface area is 128 Å². The van der Waals surface area contributed by atoms with Gasteiger partial charge in [-0.05, 0) is 57.6 Å². The normalized spacial score (nSPS) is 12.5. The highest BCUT2D eigenvalue weighted by Gasteiger charge is 2.10. The summed E-state index contributed by atoms with van der Waals surface area (Å²) in [4.78, 5) is 2.20. The Morgan fingerprint density at radius 1 is 1.05 bits per heavy atom. The van der Waals surface area contributed by atoms with Gasteiger partial charge in [-0.25, -0.2) is 0 Å². The molecule has 2 aromatic rings. The summed E-state index contributed by atoms with van der Waals surface area (Å²) < 4.78 is 0. The van der Waals surface area contributed by atoms with Gasteiger partial charge in [-0.2, -0.15) is 0 Å². The molecular weight excluding hydrogens is 256 g/mol. The lowest BCUT2D eigenvalue weighted by Gasteiger charge is -2.21. The summed E-state index contributed by atoms with van der Waals surface area (Å²) in [5.41, 5.74) is 6.58. The number of hydrogen-bond donors (Lipinski definition) is 1. The first-order chi connectivity index (χ1) is 9.97. The molecule has 0 saturated heterocycles. The number of anilines is 1. The second-order valence-electron chi connectivity index (χ2n) is 6.12. The Kier molecular flexibility index (Phi) is 5.03. The molecule has 0 aliphatic rings. The van der Waals surface area contributed by atoms with Crippen molar-refractivity contribution in [3.63, 3.8) is 0 Å². The van der Waals surface area contributed by atoms with Gasteiger partial charge >= 0.3 is 0 Å². The molecule has 2 heteroatoms. The number of hydrogen-bond acceptors (Lipinski definition) is 2. The second kappa shape index (κ2) is 6.77. The van der Waals surface area contributed by atoms with Crippen molar-refractivity contribution in [1.82, 2.24) is 4.90 Å². The van der Waals surface area contributed by atoms with Crippen LogP contribution >= 0.6 is 0 Å². The lowest BCUT2D eigenvalue weighted by Crippen LogP contribution is -2.14. The standard InChI is InChI=1S/C19H26N2/c1-14-10-11-18(15(2)12-14)16(3)20-19-9-7-6-8-17(19)13-21(4)5/h6-12,16,20H,13H2,1-5H3. The van der Waals surface area contributed by atoms with Gasteiger partial charge in [-0.3, -0.25) is 0 Å². The second-order valence-corrected chi connectivity index (χ2v) is 6.12. The van der Waals surface area contributed by atoms with Gasteiger partial charge in [0, 0.05) is 18.3 Å². The van der Waals surface area contributed by atoms with Gasteiger partial charge < -0.3 is 10.2 Å². The van der Waals surface area contributed by atoms with Crippen molar-refractivity contribution in [3.05, 3.63) is 64.7 Å². The minimum Gasteiger partial charge on any atom is -0.378 e. The van der Waals surface area contributed by atoms with E-state index in [0.29, 0.717) is 6.04 Å². The average molecular weight is 282 g/mol. The predicted octanol–water partition coefficient (Wildman–Crippen LogP) is 4.54. The van der Waals surface area contributed by atoms with Crippen LogP contribution in [0.4, 0.5) is 5.69 Å². The predicted molar refractivity (Wildman–Crippen MR) is 91.8 cm³/mol. The van der Waals surface area contributed by atoms with Gasteiger partial charge in [0.1, 0.15) is 0 Å². The van der Waals surface area contributed by atoms with Crippen molar-refractivity contribution in [3.8, 4) is 0 Å². The molecule has 0 amide bonds. The lowest BCUT2D eigenvalue weighted by atomic mass is 9.99. The summed E-state index contributed by atoms with van der Waals surface area (Å²) in [5.74, 6) is 0. The van der Waals surface area contributed by atoms with Crippen molar-refractivity contribution in [2.24, 2.45) is 0 Å². The number of para-hydroxylation sites is 1. The fourth-order valence-corrected chi connectivity index (χ4v) is 2.76. The highest BCUT2D eigenvalue weighted by molar-refractivity contribution is 5.53. The van der Waals surface area contributed by atoms with E-state index in [2.05, 4.69) is 87.5 Å². The quantitative estimate of drug-likeness (QED) is 0.866. The van der Waals surface area contributed by atoms with E-state index in [1.807, 2.05) is 0 Å². The summed E-state index contributed by atoms with van der Waals surface area (Å²) in [5, 5.41) is 3.67. The summed E-state index contributed by atoms with van der Waals surface area (Å²) in [7, 11) is 4.20. The van der Waals surface area contributed by atoms with Crippen molar-refractivity contribution < 1.29 is 0 Å². The molecule has 0 bridgehead atoms. The van der Waals surface area contributed by atoms with Crippen molar-refractivity contribution in [1.29, 1.82) is 0 Å². The number of rotatable bonds is 5. The molecule has 112 valence electrons. The molecule has 0 spiro atoms. The van der Waals surface area contributed by atoms with Gasteiger partial charge in [-0.15, -0.1) is 0 Å². The molecule has 2 rings (SSSR count). The van der Waals surface area contributed by atoms with Gasteiger partial charge in [0.05, 0.1) is 0 Å². The molecule has 0 heterocycles. The van der Waals surface area contributed by atoms with E-state index < -0.39 is 0 Å². The van der Waals surface area contributed by atoms with E-state index in [1.165, 1.54) is 27.9 Å². The molecule has 0 aliphatic heterocycles. The van der Waals surface area contributed by atoms with Gasteiger partial charge in [0.15, 0.2) is 0 Å². The maximum Gasteiger partial charge on any atom is 0.0488 e. The topological polar surface area (TPSA) is 15.3 Å². The Morgan fingerprint density at radius 3 is 2.43 bits per heavy atom. The molecule has 0 aromatic heterocycles. The molecule has 0 fully saturated rings. The van der Waals surface area contributed by atoms with Gasteiger partial charge in [0.25, 0.3) is 0 Å². The minimum atomic E-state index is 0.300. The molecule has 1 N–H and O–H groups in total. The maximum atomic E-state index is 3.67. The highest BCUT2D eigenvalue weighted by Crippen LogP contribution is 2.25. The van der Waals surface area contributed by atoms with Crippen LogP contribution < -0.4 is 5.32 Å². The summed E-state index contributed by atoms with van der Waals surface area (Å²) in [6.45, 7) is 7.50. The van der Waals surface area contributed by atoms with Crippen LogP contribution in [0.1, 0.15) is 35.2 Å². The SMILES string of the molecule is Cc1ccc(C(C)Nc2ccccc2CN(C)C)c(C)c1. The molecule has 21 heavy (non-hydrogen) atoms. The third kappa shape index (κ3) is 4.08. The van der Waals surface area contributed by atoms with Gasteiger partial charge in [-0.1, -0.05) is 42.0 Å². The van der Waals surface area contributed by atoms with Crippen molar-refractivity contribution >= 4 is 5.69 Å². The first-order valence-electron chi connectivity index (χ1n) is 7.53. The summed E-state index contributed by atoms with van der Waals surface area (Å²) >= 11 is 0. The summed E-state index contributed by atoms with van der Waals surface area (Å²) in [6, 6.07) is 15.5. The molecule has 2 nitrogen and oxygen atoms in total. The van der Waals surface area contributed by atoms with Crippen LogP contribution in [-0.4, -0.2) is 19.0 Å². The fourth-order valence-electron chi connectivity index (χ4n) is 2.76. The molecule has 0 aliphatic carbocycles. The van der Waals surface area contributed by atoms with Crippen LogP contribution in [0.25, 0.3) is 0 Å². The lowest BCUT2D eigenvalue weighted by molar-refractivity contribution is 0.403. The number of benzene rings is 2. The third-order valence-corrected chi connectivity index (χ3v) is 3.77. The zero-order chi connectivity index (χ0) is 15.4. The summed E-state index contributed by atoms with van der Waals surface area (Å²) in [6.07, 6.45) is 0. The Bertz CT molecular complexity index is 602. The number of aryl methyl sites for hydroxylation is 2. The van der Waals surface area contributed by atoms with E-state index in [-0.39, 0.29) is 0 Å². The fraction of sp³-hybridized carbons (Fsp3) is 0.368. The molecule has 0 saturated carbocycles. The zero-order valence-corrected chi connectivity index (χ0v) is 13.8. The van der Waals surface area contributed by atoms with E-state index in [1.54, 1.807) is 0 Å². The monoisotopic (exact) mass is 282 g/mol. The first kappa shape index (κ1) is 15.6. The van der Waals surface area contributed by atoms with E-state index in [4.69, 9.17) is 0 Å². The van der Waals surface area contributed by atoms with Crippen LogP contribution in [0, 0.1) is 13.8 Å². The highest BCUT2D eigenvalue weighted by atomic mass is 15.1. The van der Waals surface area contributed by atoms with Crippen molar-refractivity contribution in [2.45, 2.75) is 33.4 Å². The average Bonchev–Trinajstić information content (AvgIpc) is 2.40. The maximum absolute atomic E-state index is 3.67. The smallest absolute Gasteiger partial charge is 0.0488 e. The molecule has 1 atom stereocenters. The Hall–Kier alpha value is -1.80. The number of nitrogens with one attached hydrogen (secondary N) is 1. The van der Waals surface area contributed by atoms with E-state index in [0.717, 1.165) is 6.54 Å². The third-order valence-electron chi connectivity index (χ3n) is 3.77. The molecule has 1 unspecified atom stereocenters. The van der Waals surface area contributed by atoms with E-state index in [9.17, 15) is 0 Å². The zero-order valence-electron chi connectivity index (χ0n) is 13.8. The first-order valence-corrected chi connectivity index (χ1v) is 7.53. The minimum absolute atomic E-state index is 0.300. The molecule has 0 radical (unpaired) electrons. The van der Waals surface area contributed by atoms with Crippen LogP contribution in [0.5, 0.6) is 0 Å². The van der Waals surface area contributed by atoms with Crippen LogP contribution in [0.3, 0.4) is 0 Å². The molecule has 2 aromatic carbocycles. The molecular formula is C19H26N2. The number of nitrogens with zero attached hydrogens (tertiary/aromatic N) is 1. The van der Waals surface area contributed by atoms with E-state index >= 15 is 0 Å². The largest absolute Gasteiger partial charge is 0.378 e. The van der Waals surface area contributed by atoms with Crippen LogP contribution in [0.15, 0.2) is 42.5 Å².